The number of aliphatic hydroxyl groups is 1. The Hall–Kier alpha value is -2.71. The molecule has 1 aromatic heterocycles. The Morgan fingerprint density at radius 2 is 1.78 bits per heavy atom. The van der Waals surface area contributed by atoms with E-state index < -0.39 is 23.3 Å². The summed E-state index contributed by atoms with van der Waals surface area (Å²) in [5.41, 5.74) is 0.0969. The summed E-state index contributed by atoms with van der Waals surface area (Å²) in [5.74, 6) is -0.423. The average Bonchev–Trinajstić information content (AvgIpc) is 2.84. The van der Waals surface area contributed by atoms with Gasteiger partial charge in [0, 0.05) is 52.9 Å². The van der Waals surface area contributed by atoms with Crippen LogP contribution in [-0.4, -0.2) is 62.2 Å². The van der Waals surface area contributed by atoms with Gasteiger partial charge in [0.2, 0.25) is 0 Å². The van der Waals surface area contributed by atoms with E-state index in [0.29, 0.717) is 26.2 Å². The van der Waals surface area contributed by atoms with Crippen LogP contribution in [-0.2, 0) is 20.6 Å². The molecular weight excluding hydrogens is 348 g/mol. The molecular formula is C19H24N4O4. The third-order valence-electron chi connectivity index (χ3n) is 4.87. The highest BCUT2D eigenvalue weighted by atomic mass is 16.3. The molecule has 144 valence electrons. The normalized spacial score (nSPS) is 18.3. The number of hydrogen-bond acceptors (Lipinski definition) is 5. The summed E-state index contributed by atoms with van der Waals surface area (Å²) in [5, 5.41) is 10.4. The van der Waals surface area contributed by atoms with Gasteiger partial charge in [-0.3, -0.25) is 23.6 Å². The predicted molar refractivity (Wildman–Crippen MR) is 101 cm³/mol. The van der Waals surface area contributed by atoms with Gasteiger partial charge in [-0.1, -0.05) is 30.3 Å². The van der Waals surface area contributed by atoms with Gasteiger partial charge < -0.3 is 10.0 Å². The highest BCUT2D eigenvalue weighted by Gasteiger charge is 2.27. The summed E-state index contributed by atoms with van der Waals surface area (Å²) in [4.78, 5) is 40.5. The maximum atomic E-state index is 12.9. The lowest BCUT2D eigenvalue weighted by Gasteiger charge is -2.23. The minimum atomic E-state index is -0.705. The van der Waals surface area contributed by atoms with Crippen LogP contribution in [0.1, 0.15) is 16.1 Å². The first kappa shape index (κ1) is 19.1. The van der Waals surface area contributed by atoms with E-state index in [1.165, 1.54) is 29.6 Å². The van der Waals surface area contributed by atoms with Gasteiger partial charge in [-0.05, 0) is 5.56 Å². The first-order valence-corrected chi connectivity index (χ1v) is 8.87. The van der Waals surface area contributed by atoms with Crippen molar-refractivity contribution in [2.45, 2.75) is 12.6 Å². The molecule has 0 spiro atoms. The Morgan fingerprint density at radius 1 is 1.07 bits per heavy atom. The highest BCUT2D eigenvalue weighted by molar-refractivity contribution is 5.92. The number of hydrogen-bond donors (Lipinski definition) is 1. The van der Waals surface area contributed by atoms with Gasteiger partial charge >= 0.3 is 5.69 Å². The van der Waals surface area contributed by atoms with Gasteiger partial charge in [0.05, 0.1) is 6.10 Å². The van der Waals surface area contributed by atoms with Gasteiger partial charge in [0.1, 0.15) is 5.69 Å². The quantitative estimate of drug-likeness (QED) is 0.778. The molecule has 0 saturated carbocycles. The van der Waals surface area contributed by atoms with Crippen molar-refractivity contribution in [3.05, 3.63) is 68.5 Å². The molecule has 2 aromatic rings. The molecule has 0 radical (unpaired) electrons. The van der Waals surface area contributed by atoms with Crippen LogP contribution in [0, 0.1) is 0 Å². The summed E-state index contributed by atoms with van der Waals surface area (Å²) in [7, 11) is 2.83. The fourth-order valence-corrected chi connectivity index (χ4v) is 3.32. The second-order valence-corrected chi connectivity index (χ2v) is 6.89. The van der Waals surface area contributed by atoms with Crippen LogP contribution in [0.2, 0.25) is 0 Å². The van der Waals surface area contributed by atoms with Crippen molar-refractivity contribution in [3.63, 3.8) is 0 Å². The summed E-state index contributed by atoms with van der Waals surface area (Å²) in [6, 6.07) is 11.1. The number of carbonyl (C=O) groups excluding carboxylic acids is 1. The van der Waals surface area contributed by atoms with Crippen molar-refractivity contribution in [2.24, 2.45) is 14.1 Å². The van der Waals surface area contributed by atoms with Crippen LogP contribution in [0.4, 0.5) is 0 Å². The molecule has 1 aliphatic heterocycles. The Labute approximate surface area is 156 Å². The van der Waals surface area contributed by atoms with Crippen molar-refractivity contribution in [3.8, 4) is 0 Å². The number of nitrogens with zero attached hydrogens (tertiary/aromatic N) is 4. The second kappa shape index (κ2) is 7.89. The molecule has 2 heterocycles. The van der Waals surface area contributed by atoms with E-state index in [1.807, 2.05) is 30.3 Å². The molecule has 8 nitrogen and oxygen atoms in total. The van der Waals surface area contributed by atoms with Crippen molar-refractivity contribution >= 4 is 5.91 Å². The lowest BCUT2D eigenvalue weighted by Crippen LogP contribution is -2.44. The molecule has 8 heteroatoms. The number of aliphatic hydroxyl groups excluding tert-OH is 1. The topological polar surface area (TPSA) is 87.8 Å². The van der Waals surface area contributed by atoms with Gasteiger partial charge in [0.25, 0.3) is 11.5 Å². The lowest BCUT2D eigenvalue weighted by molar-refractivity contribution is 0.0652. The van der Waals surface area contributed by atoms with Crippen molar-refractivity contribution in [1.82, 2.24) is 18.9 Å². The standard InChI is InChI=1S/C19H24N4O4/c1-20-16(10-17(25)21(2)19(20)27)18(26)23-9-8-22(12-15(24)13-23)11-14-6-4-3-5-7-14/h3-7,10,15,24H,8-9,11-13H2,1-2H3/t15-/m0/s1. The summed E-state index contributed by atoms with van der Waals surface area (Å²) in [6.45, 7) is 2.30. The summed E-state index contributed by atoms with van der Waals surface area (Å²) < 4.78 is 2.12. The Kier molecular flexibility index (Phi) is 5.57. The van der Waals surface area contributed by atoms with Gasteiger partial charge in [-0.25, -0.2) is 4.79 Å². The van der Waals surface area contributed by atoms with E-state index in [2.05, 4.69) is 4.90 Å². The van der Waals surface area contributed by atoms with E-state index in [4.69, 9.17) is 0 Å². The molecule has 1 N–H and O–H groups in total. The molecule has 1 atom stereocenters. The van der Waals surface area contributed by atoms with E-state index in [1.54, 1.807) is 0 Å². The molecule has 1 amide bonds. The predicted octanol–water partition coefficient (Wildman–Crippen LogP) is -0.597. The SMILES string of the molecule is Cn1c(C(=O)N2CCN(Cc3ccccc3)C[C@H](O)C2)cc(=O)n(C)c1=O. The van der Waals surface area contributed by atoms with Crippen LogP contribution in [0.25, 0.3) is 0 Å². The lowest BCUT2D eigenvalue weighted by atomic mass is 10.2. The summed E-state index contributed by atoms with van der Waals surface area (Å²) >= 11 is 0. The van der Waals surface area contributed by atoms with Crippen LogP contribution < -0.4 is 11.2 Å². The molecule has 1 saturated heterocycles. The monoisotopic (exact) mass is 372 g/mol. The third-order valence-corrected chi connectivity index (χ3v) is 4.87. The Morgan fingerprint density at radius 3 is 2.48 bits per heavy atom. The zero-order valence-electron chi connectivity index (χ0n) is 15.5. The molecule has 3 rings (SSSR count). The van der Waals surface area contributed by atoms with E-state index in [9.17, 15) is 19.5 Å². The maximum Gasteiger partial charge on any atom is 0.331 e. The third kappa shape index (κ3) is 4.17. The smallest absolute Gasteiger partial charge is 0.331 e. The van der Waals surface area contributed by atoms with Crippen LogP contribution in [0.3, 0.4) is 0 Å². The first-order chi connectivity index (χ1) is 12.9. The van der Waals surface area contributed by atoms with E-state index >= 15 is 0 Å². The van der Waals surface area contributed by atoms with Gasteiger partial charge in [-0.2, -0.15) is 0 Å². The molecule has 1 aliphatic rings. The average molecular weight is 372 g/mol. The van der Waals surface area contributed by atoms with E-state index in [-0.39, 0.29) is 12.2 Å². The maximum absolute atomic E-state index is 12.9. The highest BCUT2D eigenvalue weighted by Crippen LogP contribution is 2.11. The van der Waals surface area contributed by atoms with Crippen LogP contribution >= 0.6 is 0 Å². The molecule has 0 unspecified atom stereocenters. The minimum Gasteiger partial charge on any atom is -0.390 e. The zero-order chi connectivity index (χ0) is 19.6. The largest absolute Gasteiger partial charge is 0.390 e. The van der Waals surface area contributed by atoms with Crippen molar-refractivity contribution in [1.29, 1.82) is 0 Å². The fraction of sp³-hybridized carbons (Fsp3) is 0.421. The minimum absolute atomic E-state index is 0.0341. The van der Waals surface area contributed by atoms with Gasteiger partial charge in [0.15, 0.2) is 0 Å². The number of aromatic nitrogens is 2. The number of benzene rings is 1. The number of amides is 1. The number of rotatable bonds is 3. The fourth-order valence-electron chi connectivity index (χ4n) is 3.32. The molecule has 0 aliphatic carbocycles. The van der Waals surface area contributed by atoms with Crippen molar-refractivity contribution < 1.29 is 9.90 Å². The Balaban J connectivity index is 1.77. The van der Waals surface area contributed by atoms with E-state index in [0.717, 1.165) is 10.1 Å². The second-order valence-electron chi connectivity index (χ2n) is 6.89. The van der Waals surface area contributed by atoms with Crippen LogP contribution in [0.5, 0.6) is 0 Å². The molecule has 0 bridgehead atoms. The molecule has 27 heavy (non-hydrogen) atoms. The number of β-amino-alcohol motifs (C(OH)–C–C–N with tert-alkyl or cyclic N) is 1. The molecule has 1 fully saturated rings. The zero-order valence-corrected chi connectivity index (χ0v) is 15.5. The molecule has 1 aromatic carbocycles. The van der Waals surface area contributed by atoms with Gasteiger partial charge in [-0.15, -0.1) is 0 Å². The van der Waals surface area contributed by atoms with Crippen molar-refractivity contribution in [2.75, 3.05) is 26.2 Å². The number of carbonyl (C=O) groups is 1. The van der Waals surface area contributed by atoms with Crippen LogP contribution in [0.15, 0.2) is 46.0 Å². The Bertz CT molecular complexity index is 935. The summed E-state index contributed by atoms with van der Waals surface area (Å²) in [6.07, 6.45) is -0.705. The first-order valence-electron chi connectivity index (χ1n) is 8.87.